The van der Waals surface area contributed by atoms with Crippen LogP contribution < -0.4 is 5.32 Å². The van der Waals surface area contributed by atoms with Crippen LogP contribution in [0.1, 0.15) is 52.4 Å². The van der Waals surface area contributed by atoms with E-state index in [-0.39, 0.29) is 5.91 Å². The first kappa shape index (κ1) is 16.3. The minimum Gasteiger partial charge on any atom is -0.352 e. The smallest absolute Gasteiger partial charge is 0.251 e. The maximum atomic E-state index is 12.2. The lowest BCUT2D eigenvalue weighted by molar-refractivity contribution is 0.0954. The van der Waals surface area contributed by atoms with Crippen LogP contribution >= 0.6 is 0 Å². The number of carbonyl (C=O) groups is 1. The highest BCUT2D eigenvalue weighted by Gasteiger charge is 2.06. The molecule has 0 aliphatic carbocycles. The standard InChI is InChI=1S/C20H25NO/c1-14(2)18-7-5-17(6-8-18)9-10-21-20(22)19-12-15(3)11-16(4)13-19/h5-8,11-14H,9-10H2,1-4H3,(H,21,22). The molecule has 1 N–H and O–H groups in total. The lowest BCUT2D eigenvalue weighted by Gasteiger charge is -2.09. The second-order valence-electron chi connectivity index (χ2n) is 6.28. The molecule has 2 aromatic carbocycles. The Bertz CT molecular complexity index is 621. The van der Waals surface area contributed by atoms with Crippen LogP contribution in [-0.4, -0.2) is 12.5 Å². The van der Waals surface area contributed by atoms with E-state index < -0.39 is 0 Å². The SMILES string of the molecule is Cc1cc(C)cc(C(=O)NCCc2ccc(C(C)C)cc2)c1. The van der Waals surface area contributed by atoms with Crippen LogP contribution in [0.2, 0.25) is 0 Å². The third-order valence-corrected chi connectivity index (χ3v) is 3.83. The Morgan fingerprint density at radius 3 is 2.14 bits per heavy atom. The fourth-order valence-corrected chi connectivity index (χ4v) is 2.60. The van der Waals surface area contributed by atoms with Gasteiger partial charge < -0.3 is 5.32 Å². The van der Waals surface area contributed by atoms with Gasteiger partial charge in [-0.2, -0.15) is 0 Å². The van der Waals surface area contributed by atoms with Gasteiger partial charge in [0.05, 0.1) is 0 Å². The van der Waals surface area contributed by atoms with E-state index in [4.69, 9.17) is 0 Å². The predicted octanol–water partition coefficient (Wildman–Crippen LogP) is 4.40. The molecule has 0 aliphatic rings. The Labute approximate surface area is 133 Å². The van der Waals surface area contributed by atoms with Gasteiger partial charge in [0.15, 0.2) is 0 Å². The van der Waals surface area contributed by atoms with Crippen LogP contribution in [0.3, 0.4) is 0 Å². The number of hydrogen-bond acceptors (Lipinski definition) is 1. The van der Waals surface area contributed by atoms with Crippen molar-refractivity contribution in [3.05, 3.63) is 70.3 Å². The molecule has 0 fully saturated rings. The van der Waals surface area contributed by atoms with Gasteiger partial charge in [-0.05, 0) is 49.4 Å². The zero-order chi connectivity index (χ0) is 16.1. The van der Waals surface area contributed by atoms with E-state index in [1.54, 1.807) is 0 Å². The molecule has 0 radical (unpaired) electrons. The number of amides is 1. The molecule has 0 unspecified atom stereocenters. The van der Waals surface area contributed by atoms with E-state index in [9.17, 15) is 4.79 Å². The minimum atomic E-state index is 0.00519. The molecule has 1 amide bonds. The summed E-state index contributed by atoms with van der Waals surface area (Å²) < 4.78 is 0. The van der Waals surface area contributed by atoms with E-state index in [0.717, 1.165) is 23.1 Å². The van der Waals surface area contributed by atoms with E-state index >= 15 is 0 Å². The first-order valence-corrected chi connectivity index (χ1v) is 7.91. The molecule has 0 spiro atoms. The molecule has 2 heteroatoms. The third kappa shape index (κ3) is 4.45. The van der Waals surface area contributed by atoms with Crippen LogP contribution in [0.25, 0.3) is 0 Å². The molecule has 22 heavy (non-hydrogen) atoms. The number of aryl methyl sites for hydroxylation is 2. The number of benzene rings is 2. The fraction of sp³-hybridized carbons (Fsp3) is 0.350. The quantitative estimate of drug-likeness (QED) is 0.870. The van der Waals surface area contributed by atoms with Gasteiger partial charge in [-0.25, -0.2) is 0 Å². The highest BCUT2D eigenvalue weighted by molar-refractivity contribution is 5.94. The molecule has 2 nitrogen and oxygen atoms in total. The van der Waals surface area contributed by atoms with Gasteiger partial charge in [-0.1, -0.05) is 55.3 Å². The van der Waals surface area contributed by atoms with E-state index in [1.807, 2.05) is 26.0 Å². The Balaban J connectivity index is 1.89. The lowest BCUT2D eigenvalue weighted by Crippen LogP contribution is -2.25. The molecule has 0 saturated heterocycles. The summed E-state index contributed by atoms with van der Waals surface area (Å²) in [4.78, 5) is 12.2. The maximum absolute atomic E-state index is 12.2. The Morgan fingerprint density at radius 1 is 1.00 bits per heavy atom. The molecule has 0 saturated carbocycles. The number of hydrogen-bond donors (Lipinski definition) is 1. The molecule has 2 rings (SSSR count). The molecule has 0 heterocycles. The van der Waals surface area contributed by atoms with Crippen molar-refractivity contribution in [3.8, 4) is 0 Å². The molecule has 2 aromatic rings. The van der Waals surface area contributed by atoms with Gasteiger partial charge >= 0.3 is 0 Å². The molecule has 0 atom stereocenters. The summed E-state index contributed by atoms with van der Waals surface area (Å²) >= 11 is 0. The molecule has 0 aliphatic heterocycles. The number of carbonyl (C=O) groups excluding carboxylic acids is 1. The summed E-state index contributed by atoms with van der Waals surface area (Å²) in [5, 5.41) is 3.00. The van der Waals surface area contributed by atoms with Gasteiger partial charge in [-0.15, -0.1) is 0 Å². The number of nitrogens with one attached hydrogen (secondary N) is 1. The largest absolute Gasteiger partial charge is 0.352 e. The van der Waals surface area contributed by atoms with Gasteiger partial charge in [0.25, 0.3) is 5.91 Å². The van der Waals surface area contributed by atoms with E-state index in [1.165, 1.54) is 11.1 Å². The van der Waals surface area contributed by atoms with Crippen molar-refractivity contribution in [1.29, 1.82) is 0 Å². The average molecular weight is 295 g/mol. The van der Waals surface area contributed by atoms with Crippen molar-refractivity contribution >= 4 is 5.91 Å². The lowest BCUT2D eigenvalue weighted by atomic mass is 10.0. The minimum absolute atomic E-state index is 0.00519. The zero-order valence-electron chi connectivity index (χ0n) is 13.9. The van der Waals surface area contributed by atoms with Crippen LogP contribution in [0, 0.1) is 13.8 Å². The topological polar surface area (TPSA) is 29.1 Å². The molecule has 116 valence electrons. The van der Waals surface area contributed by atoms with Gasteiger partial charge in [-0.3, -0.25) is 4.79 Å². The highest BCUT2D eigenvalue weighted by atomic mass is 16.1. The normalized spacial score (nSPS) is 10.8. The first-order valence-electron chi connectivity index (χ1n) is 7.91. The Hall–Kier alpha value is -2.09. The monoisotopic (exact) mass is 295 g/mol. The zero-order valence-corrected chi connectivity index (χ0v) is 13.9. The van der Waals surface area contributed by atoms with Crippen LogP contribution in [0.5, 0.6) is 0 Å². The predicted molar refractivity (Wildman–Crippen MR) is 92.5 cm³/mol. The molecular formula is C20H25NO. The van der Waals surface area contributed by atoms with Crippen molar-refractivity contribution < 1.29 is 4.79 Å². The highest BCUT2D eigenvalue weighted by Crippen LogP contribution is 2.15. The van der Waals surface area contributed by atoms with Gasteiger partial charge in [0, 0.05) is 12.1 Å². The van der Waals surface area contributed by atoms with Crippen molar-refractivity contribution in [1.82, 2.24) is 5.32 Å². The molecule has 0 bridgehead atoms. The van der Waals surface area contributed by atoms with E-state index in [0.29, 0.717) is 12.5 Å². The average Bonchev–Trinajstić information content (AvgIpc) is 2.46. The second kappa shape index (κ2) is 7.26. The summed E-state index contributed by atoms with van der Waals surface area (Å²) in [5.74, 6) is 0.559. The fourth-order valence-electron chi connectivity index (χ4n) is 2.60. The third-order valence-electron chi connectivity index (χ3n) is 3.83. The van der Waals surface area contributed by atoms with Crippen LogP contribution in [0.15, 0.2) is 42.5 Å². The maximum Gasteiger partial charge on any atom is 0.251 e. The van der Waals surface area contributed by atoms with Crippen molar-refractivity contribution in [2.75, 3.05) is 6.54 Å². The van der Waals surface area contributed by atoms with Crippen molar-refractivity contribution in [3.63, 3.8) is 0 Å². The van der Waals surface area contributed by atoms with Gasteiger partial charge in [0.2, 0.25) is 0 Å². The molecular weight excluding hydrogens is 270 g/mol. The summed E-state index contributed by atoms with van der Waals surface area (Å²) in [6.07, 6.45) is 0.856. The Morgan fingerprint density at radius 2 is 1.59 bits per heavy atom. The van der Waals surface area contributed by atoms with Gasteiger partial charge in [0.1, 0.15) is 0 Å². The van der Waals surface area contributed by atoms with Crippen molar-refractivity contribution in [2.24, 2.45) is 0 Å². The summed E-state index contributed by atoms with van der Waals surface area (Å²) in [5.41, 5.74) is 5.59. The van der Waals surface area contributed by atoms with Crippen molar-refractivity contribution in [2.45, 2.75) is 40.0 Å². The van der Waals surface area contributed by atoms with E-state index in [2.05, 4.69) is 49.5 Å². The summed E-state index contributed by atoms with van der Waals surface area (Å²) in [6.45, 7) is 9.07. The number of rotatable bonds is 5. The van der Waals surface area contributed by atoms with Crippen LogP contribution in [-0.2, 0) is 6.42 Å². The van der Waals surface area contributed by atoms with Crippen LogP contribution in [0.4, 0.5) is 0 Å². The Kier molecular flexibility index (Phi) is 5.37. The summed E-state index contributed by atoms with van der Waals surface area (Å²) in [6, 6.07) is 14.6. The second-order valence-corrected chi connectivity index (χ2v) is 6.28. The molecule has 0 aromatic heterocycles. The summed E-state index contributed by atoms with van der Waals surface area (Å²) in [7, 11) is 0. The first-order chi connectivity index (χ1) is 10.5.